The normalized spacial score (nSPS) is 29.9. The second-order valence-corrected chi connectivity index (χ2v) is 7.51. The molecule has 1 saturated heterocycles. The summed E-state index contributed by atoms with van der Waals surface area (Å²) in [6, 6.07) is 9.37. The fraction of sp³-hybridized carbons (Fsp3) is 0.529. The lowest BCUT2D eigenvalue weighted by Crippen LogP contribution is -2.53. The van der Waals surface area contributed by atoms with E-state index in [2.05, 4.69) is 0 Å². The van der Waals surface area contributed by atoms with Gasteiger partial charge in [-0.05, 0) is 37.3 Å². The van der Waals surface area contributed by atoms with Crippen LogP contribution in [0.3, 0.4) is 0 Å². The van der Waals surface area contributed by atoms with Crippen LogP contribution < -0.4 is 0 Å². The molecular formula is C17H21NO4S. The van der Waals surface area contributed by atoms with Crippen LogP contribution >= 0.6 is 11.8 Å². The summed E-state index contributed by atoms with van der Waals surface area (Å²) in [6.45, 7) is 0. The van der Waals surface area contributed by atoms with Crippen LogP contribution in [0.15, 0.2) is 35.2 Å². The highest BCUT2D eigenvalue weighted by molar-refractivity contribution is 8.01. The molecule has 1 aromatic carbocycles. The highest BCUT2D eigenvalue weighted by Gasteiger charge is 2.60. The van der Waals surface area contributed by atoms with Crippen molar-refractivity contribution in [3.63, 3.8) is 0 Å². The monoisotopic (exact) mass is 335 g/mol. The van der Waals surface area contributed by atoms with Gasteiger partial charge < -0.3 is 9.84 Å². The maximum absolute atomic E-state index is 12.4. The number of aliphatic carboxylic acids is 1. The van der Waals surface area contributed by atoms with Crippen LogP contribution in [0.25, 0.3) is 0 Å². The average Bonchev–Trinajstić information content (AvgIpc) is 2.90. The van der Waals surface area contributed by atoms with E-state index in [1.807, 2.05) is 30.3 Å². The quantitative estimate of drug-likeness (QED) is 0.914. The van der Waals surface area contributed by atoms with Crippen LogP contribution in [0.4, 0.5) is 4.79 Å². The van der Waals surface area contributed by atoms with E-state index in [9.17, 15) is 14.7 Å². The number of methoxy groups -OCH3 is 1. The molecule has 2 fully saturated rings. The van der Waals surface area contributed by atoms with Crippen molar-refractivity contribution in [2.75, 3.05) is 7.11 Å². The van der Waals surface area contributed by atoms with Crippen molar-refractivity contribution in [1.82, 2.24) is 4.90 Å². The molecular weight excluding hydrogens is 314 g/mol. The van der Waals surface area contributed by atoms with Crippen molar-refractivity contribution in [3.05, 3.63) is 30.3 Å². The third kappa shape index (κ3) is 2.80. The summed E-state index contributed by atoms with van der Waals surface area (Å²) in [4.78, 5) is 25.7. The molecule has 1 aromatic rings. The third-order valence-electron chi connectivity index (χ3n) is 4.86. The average molecular weight is 335 g/mol. The van der Waals surface area contributed by atoms with Gasteiger partial charge in [-0.1, -0.05) is 42.8 Å². The second kappa shape index (κ2) is 6.43. The summed E-state index contributed by atoms with van der Waals surface area (Å²) in [5.41, 5.74) is 0. The van der Waals surface area contributed by atoms with Crippen LogP contribution in [-0.4, -0.2) is 40.1 Å². The predicted molar refractivity (Wildman–Crippen MR) is 87.3 cm³/mol. The lowest BCUT2D eigenvalue weighted by molar-refractivity contribution is -0.144. The zero-order valence-corrected chi connectivity index (χ0v) is 13.9. The number of ether oxygens (including phenoxy) is 1. The lowest BCUT2D eigenvalue weighted by atomic mass is 9.85. The van der Waals surface area contributed by atoms with Gasteiger partial charge in [0.1, 0.15) is 0 Å². The Labute approximate surface area is 140 Å². The molecule has 0 bridgehead atoms. The summed E-state index contributed by atoms with van der Waals surface area (Å²) in [6.07, 6.45) is 3.89. The number of carboxylic acid groups (broad SMARTS) is 1. The Morgan fingerprint density at radius 3 is 2.61 bits per heavy atom. The zero-order chi connectivity index (χ0) is 16.4. The molecule has 1 unspecified atom stereocenters. The van der Waals surface area contributed by atoms with Gasteiger partial charge in [0.15, 0.2) is 4.87 Å². The molecule has 124 valence electrons. The topological polar surface area (TPSA) is 66.8 Å². The van der Waals surface area contributed by atoms with Crippen LogP contribution in [0.1, 0.15) is 32.1 Å². The van der Waals surface area contributed by atoms with E-state index in [4.69, 9.17) is 4.74 Å². The van der Waals surface area contributed by atoms with Gasteiger partial charge in [0, 0.05) is 10.9 Å². The van der Waals surface area contributed by atoms with E-state index >= 15 is 0 Å². The number of likely N-dealkylation sites (tertiary alicyclic amines) is 1. The minimum Gasteiger partial charge on any atom is -0.479 e. The molecule has 1 aliphatic heterocycles. The van der Waals surface area contributed by atoms with Gasteiger partial charge in [-0.25, -0.2) is 9.59 Å². The lowest BCUT2D eigenvalue weighted by Gasteiger charge is -2.37. The van der Waals surface area contributed by atoms with Gasteiger partial charge in [-0.3, -0.25) is 4.90 Å². The summed E-state index contributed by atoms with van der Waals surface area (Å²) < 4.78 is 4.94. The van der Waals surface area contributed by atoms with Crippen LogP contribution in [0.2, 0.25) is 0 Å². The minimum absolute atomic E-state index is 0.0384. The molecule has 1 saturated carbocycles. The molecule has 5 nitrogen and oxygen atoms in total. The molecule has 6 heteroatoms. The molecule has 0 spiro atoms. The van der Waals surface area contributed by atoms with Gasteiger partial charge >= 0.3 is 12.1 Å². The molecule has 23 heavy (non-hydrogen) atoms. The number of carbonyl (C=O) groups excluding carboxylic acids is 1. The van der Waals surface area contributed by atoms with Crippen molar-refractivity contribution in [2.45, 2.75) is 47.9 Å². The van der Waals surface area contributed by atoms with Crippen molar-refractivity contribution in [3.8, 4) is 0 Å². The van der Waals surface area contributed by atoms with Crippen molar-refractivity contribution in [2.24, 2.45) is 5.92 Å². The van der Waals surface area contributed by atoms with E-state index in [1.165, 1.54) is 23.8 Å². The molecule has 1 amide bonds. The summed E-state index contributed by atoms with van der Waals surface area (Å²) in [5.74, 6) is -0.735. The highest BCUT2D eigenvalue weighted by atomic mass is 32.2. The molecule has 3 rings (SSSR count). The Balaban J connectivity index is 2.01. The van der Waals surface area contributed by atoms with Gasteiger partial charge in [0.05, 0.1) is 7.11 Å². The number of hydrogen-bond acceptors (Lipinski definition) is 4. The summed E-state index contributed by atoms with van der Waals surface area (Å²) in [5, 5.41) is 10.0. The maximum Gasteiger partial charge on any atom is 0.411 e. The molecule has 1 aliphatic carbocycles. The fourth-order valence-electron chi connectivity index (χ4n) is 3.88. The number of benzene rings is 1. The molecule has 2 aliphatic rings. The Kier molecular flexibility index (Phi) is 4.53. The number of thioether (sulfide) groups is 1. The smallest absolute Gasteiger partial charge is 0.411 e. The standard InChI is InChI=1S/C17H21NO4S/c1-22-16(21)18-14-10-6-5-7-12(14)11-17(18,15(19)20)23-13-8-3-2-4-9-13/h2-4,8-9,12,14H,5-7,10-11H2,1H3,(H,19,20)/t12-,14-,17?/m0/s1. The maximum atomic E-state index is 12.4. The van der Waals surface area contributed by atoms with E-state index in [-0.39, 0.29) is 12.0 Å². The number of rotatable bonds is 3. The Bertz CT molecular complexity index is 594. The fourth-order valence-corrected chi connectivity index (χ4v) is 5.25. The molecule has 1 heterocycles. The van der Waals surface area contributed by atoms with Crippen LogP contribution in [-0.2, 0) is 9.53 Å². The molecule has 3 atom stereocenters. The Morgan fingerprint density at radius 1 is 1.26 bits per heavy atom. The summed E-state index contributed by atoms with van der Waals surface area (Å²) in [7, 11) is 1.32. The Hall–Kier alpha value is -1.69. The molecule has 0 radical (unpaired) electrons. The van der Waals surface area contributed by atoms with Crippen molar-refractivity contribution in [1.29, 1.82) is 0 Å². The second-order valence-electron chi connectivity index (χ2n) is 6.16. The number of hydrogen-bond donors (Lipinski definition) is 1. The van der Waals surface area contributed by atoms with Gasteiger partial charge in [-0.15, -0.1) is 0 Å². The first-order chi connectivity index (χ1) is 11.1. The van der Waals surface area contributed by atoms with Gasteiger partial charge in [0.25, 0.3) is 0 Å². The van der Waals surface area contributed by atoms with E-state index in [0.29, 0.717) is 6.42 Å². The Morgan fingerprint density at radius 2 is 1.96 bits per heavy atom. The minimum atomic E-state index is -1.28. The molecule has 1 N–H and O–H groups in total. The number of nitrogens with zero attached hydrogens (tertiary/aromatic N) is 1. The van der Waals surface area contributed by atoms with E-state index in [0.717, 1.165) is 30.6 Å². The van der Waals surface area contributed by atoms with Crippen LogP contribution in [0.5, 0.6) is 0 Å². The number of carboxylic acids is 1. The predicted octanol–water partition coefficient (Wildman–Crippen LogP) is 3.59. The number of fused-ring (bicyclic) bond motifs is 1. The van der Waals surface area contributed by atoms with Gasteiger partial charge in [-0.2, -0.15) is 0 Å². The van der Waals surface area contributed by atoms with Crippen LogP contribution in [0, 0.1) is 5.92 Å². The largest absolute Gasteiger partial charge is 0.479 e. The summed E-state index contributed by atoms with van der Waals surface area (Å²) >= 11 is 1.25. The first kappa shape index (κ1) is 16.2. The highest BCUT2D eigenvalue weighted by Crippen LogP contribution is 2.52. The van der Waals surface area contributed by atoms with Gasteiger partial charge in [0.2, 0.25) is 0 Å². The third-order valence-corrected chi connectivity index (χ3v) is 6.25. The number of amides is 1. The zero-order valence-electron chi connectivity index (χ0n) is 13.1. The van der Waals surface area contributed by atoms with E-state index in [1.54, 1.807) is 0 Å². The first-order valence-electron chi connectivity index (χ1n) is 7.93. The van der Waals surface area contributed by atoms with Crippen molar-refractivity contribution < 1.29 is 19.4 Å². The van der Waals surface area contributed by atoms with Crippen molar-refractivity contribution >= 4 is 23.8 Å². The van der Waals surface area contributed by atoms with E-state index < -0.39 is 16.9 Å². The number of carbonyl (C=O) groups is 2. The molecule has 0 aromatic heterocycles. The SMILES string of the molecule is COC(=O)N1[C@H]2CCCC[C@H]2CC1(Sc1ccccc1)C(=O)O. The first-order valence-corrected chi connectivity index (χ1v) is 8.75.